The van der Waals surface area contributed by atoms with Gasteiger partial charge in [-0.05, 0) is 50.6 Å². The van der Waals surface area contributed by atoms with Gasteiger partial charge < -0.3 is 9.30 Å². The van der Waals surface area contributed by atoms with E-state index in [-0.39, 0.29) is 11.8 Å². The summed E-state index contributed by atoms with van der Waals surface area (Å²) in [4.78, 5) is 12.6. The third kappa shape index (κ3) is 2.87. The van der Waals surface area contributed by atoms with E-state index in [0.29, 0.717) is 12.2 Å². The lowest BCUT2D eigenvalue weighted by Crippen LogP contribution is -2.10. The number of hydrogen-bond acceptors (Lipinski definition) is 3. The maximum Gasteiger partial charge on any atom is 0.341 e. The van der Waals surface area contributed by atoms with Crippen LogP contribution in [-0.4, -0.2) is 17.1 Å². The minimum Gasteiger partial charge on any atom is -0.462 e. The van der Waals surface area contributed by atoms with E-state index in [2.05, 4.69) is 0 Å². The largest absolute Gasteiger partial charge is 0.462 e. The van der Waals surface area contributed by atoms with Crippen LogP contribution in [0.15, 0.2) is 41.8 Å². The van der Waals surface area contributed by atoms with Crippen molar-refractivity contribution in [3.8, 4) is 16.1 Å². The fraction of sp³-hybridized carbons (Fsp3) is 0.211. The molecule has 1 aromatic carbocycles. The van der Waals surface area contributed by atoms with Gasteiger partial charge in [0.2, 0.25) is 0 Å². The number of carbonyl (C=O) groups is 1. The summed E-state index contributed by atoms with van der Waals surface area (Å²) in [6.07, 6.45) is 0. The first-order valence-electron chi connectivity index (χ1n) is 7.72. The Morgan fingerprint density at radius 3 is 2.33 bits per heavy atom. The first-order chi connectivity index (χ1) is 11.5. The van der Waals surface area contributed by atoms with Crippen molar-refractivity contribution in [3.05, 3.63) is 64.5 Å². The van der Waals surface area contributed by atoms with Gasteiger partial charge in [-0.25, -0.2) is 9.18 Å². The van der Waals surface area contributed by atoms with Crippen LogP contribution in [0.1, 0.15) is 28.7 Å². The first-order valence-corrected chi connectivity index (χ1v) is 8.60. The number of aromatic nitrogens is 1. The monoisotopic (exact) mass is 343 g/mol. The molecule has 2 heterocycles. The fourth-order valence-corrected chi connectivity index (χ4v) is 3.93. The number of rotatable bonds is 4. The highest BCUT2D eigenvalue weighted by Crippen LogP contribution is 2.36. The molecule has 0 fully saturated rings. The third-order valence-electron chi connectivity index (χ3n) is 3.88. The van der Waals surface area contributed by atoms with Gasteiger partial charge >= 0.3 is 5.97 Å². The average Bonchev–Trinajstić information content (AvgIpc) is 3.12. The predicted molar refractivity (Wildman–Crippen MR) is 94.5 cm³/mol. The second-order valence-electron chi connectivity index (χ2n) is 5.51. The van der Waals surface area contributed by atoms with Crippen LogP contribution in [0.3, 0.4) is 0 Å². The fourth-order valence-electron chi connectivity index (χ4n) is 2.74. The molecule has 0 radical (unpaired) electrons. The highest BCUT2D eigenvalue weighted by atomic mass is 32.1. The second-order valence-corrected chi connectivity index (χ2v) is 6.37. The van der Waals surface area contributed by atoms with Gasteiger partial charge in [0.05, 0.1) is 6.61 Å². The molecule has 0 bridgehead atoms. The molecule has 124 valence electrons. The zero-order valence-electron chi connectivity index (χ0n) is 13.8. The van der Waals surface area contributed by atoms with Crippen LogP contribution in [0.2, 0.25) is 0 Å². The number of nitrogens with zero attached hydrogens (tertiary/aromatic N) is 1. The Kier molecular flexibility index (Phi) is 4.53. The number of esters is 1. The SMILES string of the molecule is CCOC(=O)c1c(-c2ccc(F)cc2)csc1-n1c(C)ccc1C. The molecule has 0 N–H and O–H groups in total. The van der Waals surface area contributed by atoms with Crippen molar-refractivity contribution in [3.63, 3.8) is 0 Å². The Morgan fingerprint density at radius 2 is 1.75 bits per heavy atom. The van der Waals surface area contributed by atoms with Gasteiger partial charge in [-0.2, -0.15) is 0 Å². The number of aryl methyl sites for hydroxylation is 2. The normalized spacial score (nSPS) is 10.8. The summed E-state index contributed by atoms with van der Waals surface area (Å²) in [5.41, 5.74) is 4.18. The highest BCUT2D eigenvalue weighted by Gasteiger charge is 2.23. The van der Waals surface area contributed by atoms with Gasteiger partial charge in [0.25, 0.3) is 0 Å². The number of carbonyl (C=O) groups excluding carboxylic acids is 1. The summed E-state index contributed by atoms with van der Waals surface area (Å²) >= 11 is 1.48. The number of thiophene rings is 1. The van der Waals surface area contributed by atoms with Crippen molar-refractivity contribution < 1.29 is 13.9 Å². The standard InChI is InChI=1S/C19H18FNO2S/c1-4-23-19(22)17-16(14-7-9-15(20)10-8-14)11-24-18(17)21-12(2)5-6-13(21)3/h5-11H,4H2,1-3H3. The molecule has 3 aromatic rings. The molecule has 0 saturated carbocycles. The number of benzene rings is 1. The average molecular weight is 343 g/mol. The van der Waals surface area contributed by atoms with Crippen molar-refractivity contribution in [1.82, 2.24) is 4.57 Å². The molecule has 24 heavy (non-hydrogen) atoms. The minimum atomic E-state index is -0.361. The summed E-state index contributed by atoms with van der Waals surface area (Å²) in [7, 11) is 0. The molecule has 0 atom stereocenters. The van der Waals surface area contributed by atoms with E-state index >= 15 is 0 Å². The maximum atomic E-state index is 13.2. The van der Waals surface area contributed by atoms with Crippen molar-refractivity contribution in [2.45, 2.75) is 20.8 Å². The Morgan fingerprint density at radius 1 is 1.12 bits per heavy atom. The van der Waals surface area contributed by atoms with E-state index in [1.54, 1.807) is 19.1 Å². The highest BCUT2D eigenvalue weighted by molar-refractivity contribution is 7.13. The van der Waals surface area contributed by atoms with Crippen LogP contribution in [-0.2, 0) is 4.74 Å². The molecule has 0 aliphatic rings. The minimum absolute atomic E-state index is 0.302. The molecule has 5 heteroatoms. The lowest BCUT2D eigenvalue weighted by atomic mass is 10.0. The predicted octanol–water partition coefficient (Wildman–Crippen LogP) is 5.14. The zero-order valence-corrected chi connectivity index (χ0v) is 14.6. The van der Waals surface area contributed by atoms with Gasteiger partial charge in [0.15, 0.2) is 0 Å². The Balaban J connectivity index is 2.21. The molecule has 2 aromatic heterocycles. The van der Waals surface area contributed by atoms with E-state index in [0.717, 1.165) is 27.5 Å². The van der Waals surface area contributed by atoms with Crippen LogP contribution < -0.4 is 0 Å². The zero-order chi connectivity index (χ0) is 17.3. The summed E-state index contributed by atoms with van der Waals surface area (Å²) in [6.45, 7) is 6.09. The molecule has 3 rings (SSSR count). The number of halogens is 1. The van der Waals surface area contributed by atoms with Gasteiger partial charge in [-0.15, -0.1) is 11.3 Å². The molecule has 0 saturated heterocycles. The van der Waals surface area contributed by atoms with E-state index in [1.807, 2.05) is 35.9 Å². The lowest BCUT2D eigenvalue weighted by molar-refractivity contribution is 0.0528. The quantitative estimate of drug-likeness (QED) is 0.614. The summed E-state index contributed by atoms with van der Waals surface area (Å²) in [5, 5.41) is 2.75. The molecular formula is C19H18FNO2S. The number of hydrogen-bond donors (Lipinski definition) is 0. The molecule has 0 unspecified atom stereocenters. The smallest absolute Gasteiger partial charge is 0.341 e. The van der Waals surface area contributed by atoms with Crippen molar-refractivity contribution in [2.24, 2.45) is 0 Å². The Labute approximate surface area is 144 Å². The Hall–Kier alpha value is -2.40. The van der Waals surface area contributed by atoms with Crippen LogP contribution in [0.4, 0.5) is 4.39 Å². The summed E-state index contributed by atoms with van der Waals surface area (Å²) < 4.78 is 20.5. The molecule has 0 aliphatic carbocycles. The third-order valence-corrected chi connectivity index (χ3v) is 4.84. The van der Waals surface area contributed by atoms with Crippen molar-refractivity contribution >= 4 is 17.3 Å². The van der Waals surface area contributed by atoms with Crippen LogP contribution >= 0.6 is 11.3 Å². The first kappa shape index (κ1) is 16.5. The van der Waals surface area contributed by atoms with Gasteiger partial charge in [-0.1, -0.05) is 12.1 Å². The molecule has 0 aliphatic heterocycles. The van der Waals surface area contributed by atoms with E-state index < -0.39 is 0 Å². The van der Waals surface area contributed by atoms with Crippen molar-refractivity contribution in [2.75, 3.05) is 6.61 Å². The van der Waals surface area contributed by atoms with E-state index in [9.17, 15) is 9.18 Å². The molecule has 0 spiro atoms. The van der Waals surface area contributed by atoms with E-state index in [1.165, 1.54) is 23.5 Å². The number of ether oxygens (including phenoxy) is 1. The topological polar surface area (TPSA) is 31.2 Å². The van der Waals surface area contributed by atoms with Gasteiger partial charge in [-0.3, -0.25) is 0 Å². The molecule has 3 nitrogen and oxygen atoms in total. The lowest BCUT2D eigenvalue weighted by Gasteiger charge is -2.11. The molecular weight excluding hydrogens is 325 g/mol. The summed E-state index contributed by atoms with van der Waals surface area (Å²) in [5.74, 6) is -0.662. The van der Waals surface area contributed by atoms with Crippen LogP contribution in [0.5, 0.6) is 0 Å². The summed E-state index contributed by atoms with van der Waals surface area (Å²) in [6, 6.07) is 10.2. The van der Waals surface area contributed by atoms with Crippen LogP contribution in [0, 0.1) is 19.7 Å². The van der Waals surface area contributed by atoms with Gasteiger partial charge in [0.1, 0.15) is 16.4 Å². The van der Waals surface area contributed by atoms with E-state index in [4.69, 9.17) is 4.74 Å². The molecule has 0 amide bonds. The van der Waals surface area contributed by atoms with Gasteiger partial charge in [0, 0.05) is 22.3 Å². The Bertz CT molecular complexity index is 858. The van der Waals surface area contributed by atoms with Crippen molar-refractivity contribution in [1.29, 1.82) is 0 Å². The van der Waals surface area contributed by atoms with Crippen LogP contribution in [0.25, 0.3) is 16.1 Å². The maximum absolute atomic E-state index is 13.2. The second kappa shape index (κ2) is 6.61.